The molecule has 0 saturated heterocycles. The van der Waals surface area contributed by atoms with Crippen LogP contribution in [0.3, 0.4) is 0 Å². The Morgan fingerprint density at radius 2 is 2.00 bits per heavy atom. The molecule has 27 heavy (non-hydrogen) atoms. The Kier molecular flexibility index (Phi) is 4.76. The van der Waals surface area contributed by atoms with Gasteiger partial charge in [-0.3, -0.25) is 9.59 Å². The van der Waals surface area contributed by atoms with Crippen LogP contribution in [-0.2, 0) is 4.79 Å². The minimum absolute atomic E-state index is 0.266. The Hall–Kier alpha value is -3.49. The zero-order valence-corrected chi connectivity index (χ0v) is 15.3. The number of benzene rings is 1. The molecule has 9 heteroatoms. The molecule has 4 amide bonds. The zero-order chi connectivity index (χ0) is 19.7. The van der Waals surface area contributed by atoms with Crippen molar-refractivity contribution in [2.24, 2.45) is 10.9 Å². The summed E-state index contributed by atoms with van der Waals surface area (Å²) in [6.45, 7) is 0. The molecule has 0 saturated carbocycles. The van der Waals surface area contributed by atoms with Crippen molar-refractivity contribution in [2.45, 2.75) is 0 Å². The summed E-state index contributed by atoms with van der Waals surface area (Å²) < 4.78 is 11.7. The highest BCUT2D eigenvalue weighted by molar-refractivity contribution is 6.16. The van der Waals surface area contributed by atoms with Gasteiger partial charge in [-0.05, 0) is 18.2 Å². The SMILES string of the molecule is COc1ccc(C(=O)NC2=CC=NC3=[N+](C)C(=O)N(C)C(=O)C23)c(OC)c1. The predicted molar refractivity (Wildman–Crippen MR) is 96.4 cm³/mol. The number of methoxy groups -OCH3 is 2. The molecule has 2 aliphatic heterocycles. The van der Waals surface area contributed by atoms with Gasteiger partial charge in [0.15, 0.2) is 5.92 Å². The normalized spacial score (nSPS) is 18.9. The number of nitrogens with one attached hydrogen (secondary N) is 1. The maximum absolute atomic E-state index is 12.8. The van der Waals surface area contributed by atoms with Crippen LogP contribution in [0.2, 0.25) is 0 Å². The lowest BCUT2D eigenvalue weighted by Gasteiger charge is -2.26. The summed E-state index contributed by atoms with van der Waals surface area (Å²) in [6, 6.07) is 4.32. The Balaban J connectivity index is 1.93. The average molecular weight is 371 g/mol. The predicted octanol–water partition coefficient (Wildman–Crippen LogP) is 0.651. The third kappa shape index (κ3) is 3.07. The minimum atomic E-state index is -0.865. The largest absolute Gasteiger partial charge is 0.497 e. The Morgan fingerprint density at radius 1 is 1.26 bits per heavy atom. The van der Waals surface area contributed by atoms with Crippen molar-refractivity contribution < 1.29 is 28.4 Å². The van der Waals surface area contributed by atoms with Gasteiger partial charge in [0.25, 0.3) is 11.7 Å². The molecule has 140 valence electrons. The number of aliphatic imine (C=N–C) groups is 1. The van der Waals surface area contributed by atoms with Gasteiger partial charge in [0.05, 0.1) is 33.9 Å². The highest BCUT2D eigenvalue weighted by Crippen LogP contribution is 2.26. The average Bonchev–Trinajstić information content (AvgIpc) is 2.69. The highest BCUT2D eigenvalue weighted by atomic mass is 16.5. The van der Waals surface area contributed by atoms with Crippen LogP contribution in [-0.4, -0.2) is 67.7 Å². The molecule has 0 radical (unpaired) electrons. The lowest BCUT2D eigenvalue weighted by atomic mass is 9.97. The van der Waals surface area contributed by atoms with Gasteiger partial charge in [0.2, 0.25) is 0 Å². The molecule has 1 atom stereocenters. The van der Waals surface area contributed by atoms with Gasteiger partial charge in [-0.2, -0.15) is 9.48 Å². The number of rotatable bonds is 4. The number of carbonyl (C=O) groups is 3. The van der Waals surface area contributed by atoms with Gasteiger partial charge >= 0.3 is 11.9 Å². The van der Waals surface area contributed by atoms with E-state index in [2.05, 4.69) is 10.3 Å². The monoisotopic (exact) mass is 371 g/mol. The summed E-state index contributed by atoms with van der Waals surface area (Å²) in [5, 5.41) is 2.74. The van der Waals surface area contributed by atoms with Crippen LogP contribution in [0.4, 0.5) is 4.79 Å². The van der Waals surface area contributed by atoms with Crippen molar-refractivity contribution in [2.75, 3.05) is 28.3 Å². The van der Waals surface area contributed by atoms with Gasteiger partial charge in [0.1, 0.15) is 17.7 Å². The molecule has 3 rings (SSSR count). The lowest BCUT2D eigenvalue weighted by molar-refractivity contribution is -0.407. The van der Waals surface area contributed by atoms with Gasteiger partial charge in [-0.1, -0.05) is 0 Å². The minimum Gasteiger partial charge on any atom is -0.497 e. The molecule has 1 N–H and O–H groups in total. The van der Waals surface area contributed by atoms with Crippen LogP contribution in [0.25, 0.3) is 0 Å². The summed E-state index contributed by atoms with van der Waals surface area (Å²) in [6.07, 6.45) is 2.98. The van der Waals surface area contributed by atoms with Crippen molar-refractivity contribution >= 4 is 29.9 Å². The summed E-state index contributed by atoms with van der Waals surface area (Å²) in [5.74, 6) is -0.630. The molecule has 0 fully saturated rings. The van der Waals surface area contributed by atoms with E-state index in [1.54, 1.807) is 18.2 Å². The van der Waals surface area contributed by atoms with Gasteiger partial charge < -0.3 is 14.8 Å². The smallest absolute Gasteiger partial charge is 0.445 e. The van der Waals surface area contributed by atoms with Crippen LogP contribution >= 0.6 is 0 Å². The van der Waals surface area contributed by atoms with E-state index < -0.39 is 23.8 Å². The number of carbonyl (C=O) groups excluding carboxylic acids is 3. The zero-order valence-electron chi connectivity index (χ0n) is 15.3. The van der Waals surface area contributed by atoms with E-state index in [1.807, 2.05) is 0 Å². The molecule has 2 heterocycles. The van der Waals surface area contributed by atoms with Crippen LogP contribution < -0.4 is 14.8 Å². The number of hydrogen-bond acceptors (Lipinski definition) is 6. The first-order valence-electron chi connectivity index (χ1n) is 8.08. The quantitative estimate of drug-likeness (QED) is 0.784. The first-order chi connectivity index (χ1) is 12.9. The first-order valence-corrected chi connectivity index (χ1v) is 8.08. The molecule has 2 aliphatic rings. The first kappa shape index (κ1) is 18.3. The number of nitrogens with zero attached hydrogens (tertiary/aromatic N) is 3. The fourth-order valence-corrected chi connectivity index (χ4v) is 2.94. The summed E-state index contributed by atoms with van der Waals surface area (Å²) in [4.78, 5) is 42.6. The van der Waals surface area contributed by atoms with Crippen molar-refractivity contribution in [1.29, 1.82) is 0 Å². The van der Waals surface area contributed by atoms with Crippen LogP contribution in [0.5, 0.6) is 11.5 Å². The van der Waals surface area contributed by atoms with Gasteiger partial charge in [0, 0.05) is 11.8 Å². The standard InChI is InChI=1S/C18H18N4O5/c1-21-15-14(17(24)22(2)18(21)25)12(7-8-19-15)20-16(23)11-6-5-10(26-3)9-13(11)27-4/h5-9,14H,1-4H3/p+1. The Morgan fingerprint density at radius 3 is 2.67 bits per heavy atom. The highest BCUT2D eigenvalue weighted by Gasteiger charge is 2.47. The second kappa shape index (κ2) is 7.02. The van der Waals surface area contributed by atoms with E-state index in [-0.39, 0.29) is 11.4 Å². The summed E-state index contributed by atoms with van der Waals surface area (Å²) >= 11 is 0. The number of fused-ring (bicyclic) bond motifs is 1. The maximum atomic E-state index is 12.8. The molecule has 1 unspecified atom stereocenters. The molecule has 9 nitrogen and oxygen atoms in total. The molecular weight excluding hydrogens is 352 g/mol. The number of amides is 4. The fraction of sp³-hybridized carbons (Fsp3) is 0.278. The molecule has 0 spiro atoms. The number of allylic oxidation sites excluding steroid dienone is 1. The van der Waals surface area contributed by atoms with E-state index in [9.17, 15) is 14.4 Å². The molecule has 0 aromatic heterocycles. The summed E-state index contributed by atoms with van der Waals surface area (Å²) in [7, 11) is 5.88. The molecule has 1 aromatic rings. The Labute approximate surface area is 155 Å². The van der Waals surface area contributed by atoms with Crippen molar-refractivity contribution in [3.05, 3.63) is 35.5 Å². The summed E-state index contributed by atoms with van der Waals surface area (Å²) in [5.41, 5.74) is 0.614. The van der Waals surface area contributed by atoms with Crippen molar-refractivity contribution in [3.63, 3.8) is 0 Å². The van der Waals surface area contributed by atoms with Crippen LogP contribution in [0.15, 0.2) is 35.0 Å². The topological polar surface area (TPSA) is 100 Å². The second-order valence-corrected chi connectivity index (χ2v) is 5.95. The fourth-order valence-electron chi connectivity index (χ4n) is 2.94. The molecular formula is C18H19N4O5+. The van der Waals surface area contributed by atoms with E-state index in [4.69, 9.17) is 9.47 Å². The molecule has 0 bridgehead atoms. The van der Waals surface area contributed by atoms with Crippen LogP contribution in [0, 0.1) is 5.92 Å². The number of imide groups is 1. The molecule has 1 aromatic carbocycles. The van der Waals surface area contributed by atoms with Gasteiger partial charge in [-0.15, -0.1) is 4.99 Å². The van der Waals surface area contributed by atoms with Gasteiger partial charge in [-0.25, -0.2) is 4.79 Å². The number of amidine groups is 1. The number of hydrogen-bond donors (Lipinski definition) is 1. The van der Waals surface area contributed by atoms with E-state index in [1.165, 1.54) is 45.2 Å². The Bertz CT molecular complexity index is 932. The van der Waals surface area contributed by atoms with E-state index >= 15 is 0 Å². The number of dihydropyridines is 1. The van der Waals surface area contributed by atoms with Crippen molar-refractivity contribution in [1.82, 2.24) is 10.2 Å². The second-order valence-electron chi connectivity index (χ2n) is 5.95. The van der Waals surface area contributed by atoms with E-state index in [0.717, 1.165) is 4.90 Å². The lowest BCUT2D eigenvalue weighted by Crippen LogP contribution is -2.54. The van der Waals surface area contributed by atoms with Crippen LogP contribution in [0.1, 0.15) is 10.4 Å². The number of ether oxygens (including phenoxy) is 2. The third-order valence-electron chi connectivity index (χ3n) is 4.44. The maximum Gasteiger partial charge on any atom is 0.445 e. The number of urea groups is 1. The molecule has 0 aliphatic carbocycles. The van der Waals surface area contributed by atoms with Crippen molar-refractivity contribution in [3.8, 4) is 11.5 Å². The third-order valence-corrected chi connectivity index (χ3v) is 4.44. The van der Waals surface area contributed by atoms with E-state index in [0.29, 0.717) is 17.2 Å².